The van der Waals surface area contributed by atoms with Crippen molar-refractivity contribution < 1.29 is 24.2 Å². The Kier molecular flexibility index (Phi) is 6.00. The number of aliphatic hydroxyl groups excluding tert-OH is 1. The second kappa shape index (κ2) is 9.11. The van der Waals surface area contributed by atoms with Crippen LogP contribution < -0.4 is 4.74 Å². The number of aliphatic hydroxyl groups is 1. The number of carbonyl (C=O) groups is 2. The third kappa shape index (κ3) is 3.62. The standard InChI is InChI=1S/C28H29NO5/c1-33-25-10-6-9-20-22(25)13-19(28(32)34-2)15-29-23-14-18(24(31)16-30)11-12-21(23)26(27(20)29)17-7-4-3-5-8-17/h6,9-14,17,30H,3-5,7-8,15-16H2,1-2H3. The molecule has 3 aromatic rings. The lowest BCUT2D eigenvalue weighted by Gasteiger charge is -2.24. The number of benzene rings is 2. The normalized spacial score (nSPS) is 15.8. The van der Waals surface area contributed by atoms with E-state index in [1.165, 1.54) is 31.9 Å². The van der Waals surface area contributed by atoms with Crippen LogP contribution in [-0.4, -0.2) is 42.3 Å². The number of fused-ring (bicyclic) bond motifs is 5. The minimum atomic E-state index is -0.540. The van der Waals surface area contributed by atoms with Gasteiger partial charge in [0.25, 0.3) is 0 Å². The summed E-state index contributed by atoms with van der Waals surface area (Å²) in [7, 11) is 3.02. The monoisotopic (exact) mass is 459 g/mol. The van der Waals surface area contributed by atoms with Crippen molar-refractivity contribution in [1.29, 1.82) is 0 Å². The van der Waals surface area contributed by atoms with Crippen LogP contribution in [0.4, 0.5) is 0 Å². The lowest BCUT2D eigenvalue weighted by atomic mass is 9.81. The van der Waals surface area contributed by atoms with Gasteiger partial charge in [0.2, 0.25) is 0 Å². The van der Waals surface area contributed by atoms with E-state index in [9.17, 15) is 14.7 Å². The van der Waals surface area contributed by atoms with Gasteiger partial charge in [0.05, 0.1) is 32.0 Å². The lowest BCUT2D eigenvalue weighted by Crippen LogP contribution is -2.12. The summed E-state index contributed by atoms with van der Waals surface area (Å²) in [5.74, 6) is 0.374. The van der Waals surface area contributed by atoms with Gasteiger partial charge in [-0.15, -0.1) is 0 Å². The first-order valence-electron chi connectivity index (χ1n) is 11.8. The van der Waals surface area contributed by atoms with Crippen LogP contribution in [0.2, 0.25) is 0 Å². The fourth-order valence-corrected chi connectivity index (χ4v) is 5.62. The van der Waals surface area contributed by atoms with Gasteiger partial charge in [-0.3, -0.25) is 4.79 Å². The maximum Gasteiger partial charge on any atom is 0.335 e. The van der Waals surface area contributed by atoms with Crippen LogP contribution in [-0.2, 0) is 16.1 Å². The van der Waals surface area contributed by atoms with Gasteiger partial charge in [-0.2, -0.15) is 0 Å². The average Bonchev–Trinajstić information content (AvgIpc) is 3.09. The van der Waals surface area contributed by atoms with E-state index in [0.717, 1.165) is 40.6 Å². The van der Waals surface area contributed by atoms with Crippen molar-refractivity contribution in [2.75, 3.05) is 20.8 Å². The second-order valence-electron chi connectivity index (χ2n) is 9.08. The minimum Gasteiger partial charge on any atom is -0.496 e. The number of hydrogen-bond acceptors (Lipinski definition) is 5. The van der Waals surface area contributed by atoms with Gasteiger partial charge >= 0.3 is 5.97 Å². The minimum absolute atomic E-state index is 0.319. The Labute approximate surface area is 198 Å². The summed E-state index contributed by atoms with van der Waals surface area (Å²) in [6.45, 7) is -0.221. The molecule has 0 bridgehead atoms. The molecule has 2 aromatic carbocycles. The predicted octanol–water partition coefficient (Wildman–Crippen LogP) is 5.11. The van der Waals surface area contributed by atoms with Crippen LogP contribution in [0.3, 0.4) is 0 Å². The highest BCUT2D eigenvalue weighted by Gasteiger charge is 2.31. The molecule has 0 atom stereocenters. The number of methoxy groups -OCH3 is 2. The van der Waals surface area contributed by atoms with Crippen LogP contribution >= 0.6 is 0 Å². The van der Waals surface area contributed by atoms with Gasteiger partial charge in [-0.25, -0.2) is 4.79 Å². The van der Waals surface area contributed by atoms with Gasteiger partial charge in [-0.1, -0.05) is 43.5 Å². The highest BCUT2D eigenvalue weighted by molar-refractivity contribution is 6.04. The van der Waals surface area contributed by atoms with Crippen molar-refractivity contribution >= 4 is 28.7 Å². The predicted molar refractivity (Wildman–Crippen MR) is 131 cm³/mol. The molecule has 1 N–H and O–H groups in total. The quantitative estimate of drug-likeness (QED) is 0.424. The molecule has 176 valence electrons. The molecular weight excluding hydrogens is 430 g/mol. The van der Waals surface area contributed by atoms with Gasteiger partial charge in [0.1, 0.15) is 12.4 Å². The van der Waals surface area contributed by atoms with Crippen molar-refractivity contribution in [2.24, 2.45) is 0 Å². The number of nitrogens with zero attached hydrogens (tertiary/aromatic N) is 1. The van der Waals surface area contributed by atoms with E-state index in [1.54, 1.807) is 13.2 Å². The van der Waals surface area contributed by atoms with E-state index < -0.39 is 12.6 Å². The third-order valence-corrected chi connectivity index (χ3v) is 7.22. The second-order valence-corrected chi connectivity index (χ2v) is 9.08. The number of carbonyl (C=O) groups excluding carboxylic acids is 2. The molecule has 0 spiro atoms. The Hall–Kier alpha value is -3.38. The number of aromatic nitrogens is 1. The molecule has 1 fully saturated rings. The molecule has 6 heteroatoms. The molecule has 6 nitrogen and oxygen atoms in total. The number of ether oxygens (including phenoxy) is 2. The smallest absolute Gasteiger partial charge is 0.335 e. The third-order valence-electron chi connectivity index (χ3n) is 7.22. The SMILES string of the molecule is COC(=O)C1=Cc2c(OC)cccc2-c2c(C3CCCCC3)c3ccc(C(=O)CO)cc3n2C1. The molecule has 1 aliphatic carbocycles. The summed E-state index contributed by atoms with van der Waals surface area (Å²) in [5.41, 5.74) is 6.06. The van der Waals surface area contributed by atoms with Crippen molar-refractivity contribution in [3.63, 3.8) is 0 Å². The van der Waals surface area contributed by atoms with E-state index in [-0.39, 0.29) is 5.78 Å². The number of hydrogen-bond donors (Lipinski definition) is 1. The number of rotatable bonds is 5. The Balaban J connectivity index is 1.87. The molecule has 0 saturated heterocycles. The molecule has 2 heterocycles. The molecule has 1 aromatic heterocycles. The topological polar surface area (TPSA) is 77.8 Å². The fraction of sp³-hybridized carbons (Fsp3) is 0.357. The molecule has 1 aliphatic heterocycles. The summed E-state index contributed by atoms with van der Waals surface area (Å²) in [6.07, 6.45) is 7.72. The Morgan fingerprint density at radius 2 is 1.88 bits per heavy atom. The highest BCUT2D eigenvalue weighted by atomic mass is 16.5. The average molecular weight is 460 g/mol. The number of Topliss-reactive ketones (excluding diaryl/α,β-unsaturated/α-hetero) is 1. The molecular formula is C28H29NO5. The molecule has 1 saturated carbocycles. The van der Waals surface area contributed by atoms with E-state index in [0.29, 0.717) is 29.3 Å². The Morgan fingerprint density at radius 1 is 1.09 bits per heavy atom. The fourth-order valence-electron chi connectivity index (χ4n) is 5.62. The van der Waals surface area contributed by atoms with Crippen LogP contribution in [0.15, 0.2) is 42.0 Å². The number of ketones is 1. The summed E-state index contributed by atoms with van der Waals surface area (Å²) in [4.78, 5) is 25.1. The maximum atomic E-state index is 12.8. The van der Waals surface area contributed by atoms with Gasteiger partial charge in [-0.05, 0) is 42.5 Å². The summed E-state index contributed by atoms with van der Waals surface area (Å²) in [6, 6.07) is 11.6. The Morgan fingerprint density at radius 3 is 2.59 bits per heavy atom. The van der Waals surface area contributed by atoms with Gasteiger partial charge < -0.3 is 19.1 Å². The first kappa shape index (κ1) is 22.4. The van der Waals surface area contributed by atoms with Crippen LogP contribution in [0.5, 0.6) is 5.75 Å². The first-order valence-corrected chi connectivity index (χ1v) is 11.8. The largest absolute Gasteiger partial charge is 0.496 e. The molecule has 2 aliphatic rings. The van der Waals surface area contributed by atoms with Crippen molar-refractivity contribution in [3.8, 4) is 17.0 Å². The molecule has 0 amide bonds. The Bertz CT molecular complexity index is 1310. The van der Waals surface area contributed by atoms with Crippen LogP contribution in [0.1, 0.15) is 59.5 Å². The van der Waals surface area contributed by atoms with E-state index >= 15 is 0 Å². The molecule has 5 rings (SSSR count). The van der Waals surface area contributed by atoms with Crippen LogP contribution in [0.25, 0.3) is 28.2 Å². The highest BCUT2D eigenvalue weighted by Crippen LogP contribution is 2.47. The van der Waals surface area contributed by atoms with Gasteiger partial charge in [0, 0.05) is 27.6 Å². The summed E-state index contributed by atoms with van der Waals surface area (Å²) >= 11 is 0. The zero-order valence-electron chi connectivity index (χ0n) is 19.6. The first-order chi connectivity index (χ1) is 16.6. The van der Waals surface area contributed by atoms with Crippen molar-refractivity contribution in [1.82, 2.24) is 4.57 Å². The van der Waals surface area contributed by atoms with Gasteiger partial charge in [0.15, 0.2) is 5.78 Å². The molecule has 34 heavy (non-hydrogen) atoms. The summed E-state index contributed by atoms with van der Waals surface area (Å²) < 4.78 is 12.9. The molecule has 0 radical (unpaired) electrons. The van der Waals surface area contributed by atoms with E-state index in [1.807, 2.05) is 30.3 Å². The number of esters is 1. The molecule has 0 unspecified atom stereocenters. The lowest BCUT2D eigenvalue weighted by molar-refractivity contribution is -0.136. The maximum absolute atomic E-state index is 12.8. The van der Waals surface area contributed by atoms with Crippen molar-refractivity contribution in [2.45, 2.75) is 44.6 Å². The van der Waals surface area contributed by atoms with Crippen LogP contribution in [0, 0.1) is 0 Å². The van der Waals surface area contributed by atoms with E-state index in [2.05, 4.69) is 10.6 Å². The summed E-state index contributed by atoms with van der Waals surface area (Å²) in [5, 5.41) is 10.5. The zero-order chi connectivity index (χ0) is 23.8. The van der Waals surface area contributed by atoms with Crippen molar-refractivity contribution in [3.05, 3.63) is 58.7 Å². The van der Waals surface area contributed by atoms with E-state index in [4.69, 9.17) is 9.47 Å². The zero-order valence-corrected chi connectivity index (χ0v) is 19.6.